The summed E-state index contributed by atoms with van der Waals surface area (Å²) in [5.74, 6) is -0.537. The number of benzene rings is 1. The van der Waals surface area contributed by atoms with Crippen molar-refractivity contribution in [2.24, 2.45) is 0 Å². The third kappa shape index (κ3) is 2.28. The summed E-state index contributed by atoms with van der Waals surface area (Å²) in [5.41, 5.74) is 2.12. The van der Waals surface area contributed by atoms with E-state index in [9.17, 15) is 4.79 Å². The fourth-order valence-corrected chi connectivity index (χ4v) is 2.41. The molecule has 1 aromatic carbocycles. The van der Waals surface area contributed by atoms with Crippen molar-refractivity contribution in [2.45, 2.75) is 0 Å². The Labute approximate surface area is 122 Å². The van der Waals surface area contributed by atoms with Gasteiger partial charge in [0, 0.05) is 6.20 Å². The number of anilines is 2. The van der Waals surface area contributed by atoms with Crippen molar-refractivity contribution in [1.82, 2.24) is 13.7 Å². The van der Waals surface area contributed by atoms with Crippen molar-refractivity contribution in [2.75, 3.05) is 5.32 Å². The molecule has 0 radical (unpaired) electrons. The summed E-state index contributed by atoms with van der Waals surface area (Å²) < 4.78 is 8.32. The Kier molecular flexibility index (Phi) is 3.21. The minimum atomic E-state index is -1.02. The summed E-state index contributed by atoms with van der Waals surface area (Å²) in [4.78, 5) is 14.8. The average Bonchev–Trinajstić information content (AvgIpc) is 2.91. The summed E-state index contributed by atoms with van der Waals surface area (Å²) >= 11 is 7.24. The molecule has 20 heavy (non-hydrogen) atoms. The zero-order valence-corrected chi connectivity index (χ0v) is 11.4. The summed E-state index contributed by atoms with van der Waals surface area (Å²) in [7, 11) is 0. The van der Waals surface area contributed by atoms with Gasteiger partial charge in [0.05, 0.1) is 28.0 Å². The lowest BCUT2D eigenvalue weighted by Gasteiger charge is -2.08. The number of aromatic carboxylic acids is 1. The zero-order valence-electron chi connectivity index (χ0n) is 9.87. The van der Waals surface area contributed by atoms with Crippen molar-refractivity contribution < 1.29 is 9.90 Å². The Morgan fingerprint density at radius 2 is 2.10 bits per heavy atom. The number of fused-ring (bicyclic) bond motifs is 1. The largest absolute Gasteiger partial charge is 0.478 e. The molecule has 0 atom stereocenters. The number of carboxylic acid groups (broad SMARTS) is 1. The molecule has 100 valence electrons. The van der Waals surface area contributed by atoms with Crippen LogP contribution in [-0.4, -0.2) is 24.8 Å². The number of nitrogens with zero attached hydrogens (tertiary/aromatic N) is 3. The molecule has 0 aliphatic heterocycles. The third-order valence-electron chi connectivity index (χ3n) is 2.64. The minimum Gasteiger partial charge on any atom is -0.478 e. The molecular weight excluding hydrogens is 300 g/mol. The second-order valence-electron chi connectivity index (χ2n) is 3.92. The first kappa shape index (κ1) is 12.8. The van der Waals surface area contributed by atoms with Gasteiger partial charge in [0.25, 0.3) is 0 Å². The lowest BCUT2D eigenvalue weighted by molar-refractivity contribution is 0.0696. The number of carbonyl (C=O) groups is 1. The molecule has 3 rings (SSSR count). The van der Waals surface area contributed by atoms with Crippen LogP contribution < -0.4 is 5.32 Å². The van der Waals surface area contributed by atoms with Crippen LogP contribution in [0, 0.1) is 0 Å². The van der Waals surface area contributed by atoms with Crippen LogP contribution in [0.15, 0.2) is 30.5 Å². The smallest absolute Gasteiger partial charge is 0.337 e. The summed E-state index contributed by atoms with van der Waals surface area (Å²) in [6.45, 7) is 0. The highest BCUT2D eigenvalue weighted by molar-refractivity contribution is 7.00. The molecular formula is C12H7ClN4O2S. The number of hydrogen-bond donors (Lipinski definition) is 2. The van der Waals surface area contributed by atoms with Crippen LogP contribution in [0.2, 0.25) is 5.02 Å². The molecule has 0 aliphatic rings. The van der Waals surface area contributed by atoms with Crippen molar-refractivity contribution in [3.05, 3.63) is 41.0 Å². The van der Waals surface area contributed by atoms with Crippen molar-refractivity contribution in [3.63, 3.8) is 0 Å². The molecule has 2 N–H and O–H groups in total. The first-order chi connectivity index (χ1) is 9.65. The van der Waals surface area contributed by atoms with Gasteiger partial charge < -0.3 is 10.4 Å². The predicted octanol–water partition coefficient (Wildman–Crippen LogP) is 3.18. The Balaban J connectivity index is 1.98. The molecule has 2 aromatic heterocycles. The van der Waals surface area contributed by atoms with E-state index in [1.807, 2.05) is 0 Å². The minimum absolute atomic E-state index is 0.121. The maximum absolute atomic E-state index is 10.8. The molecule has 0 spiro atoms. The zero-order chi connectivity index (χ0) is 14.1. The number of aromatic nitrogens is 3. The highest BCUT2D eigenvalue weighted by Crippen LogP contribution is 2.31. The second kappa shape index (κ2) is 5.03. The normalized spacial score (nSPS) is 10.7. The lowest BCUT2D eigenvalue weighted by Crippen LogP contribution is -2.00. The van der Waals surface area contributed by atoms with Gasteiger partial charge in [-0.25, -0.2) is 9.78 Å². The van der Waals surface area contributed by atoms with E-state index in [0.29, 0.717) is 22.0 Å². The Hall–Kier alpha value is -2.25. The number of halogens is 1. The monoisotopic (exact) mass is 306 g/mol. The number of pyridine rings is 1. The van der Waals surface area contributed by atoms with Gasteiger partial charge >= 0.3 is 5.97 Å². The van der Waals surface area contributed by atoms with Gasteiger partial charge in [-0.3, -0.25) is 0 Å². The molecule has 0 aliphatic carbocycles. The third-order valence-corrected chi connectivity index (χ3v) is 3.50. The summed E-state index contributed by atoms with van der Waals surface area (Å²) in [6, 6.07) is 6.54. The molecule has 0 saturated heterocycles. The maximum atomic E-state index is 10.8. The van der Waals surface area contributed by atoms with Gasteiger partial charge in [-0.15, -0.1) is 0 Å². The standard InChI is InChI=1S/C12H7ClN4O2S/c13-7-2-3-8-11(17-20-16-8)10(7)15-9-4-1-6(5-14-9)12(18)19/h1-5H,(H,14,15)(H,18,19). The molecule has 6 nitrogen and oxygen atoms in total. The first-order valence-corrected chi connectivity index (χ1v) is 6.63. The molecule has 0 unspecified atom stereocenters. The van der Waals surface area contributed by atoms with E-state index < -0.39 is 5.97 Å². The Morgan fingerprint density at radius 1 is 1.25 bits per heavy atom. The van der Waals surface area contributed by atoms with Crippen molar-refractivity contribution >= 4 is 51.8 Å². The van der Waals surface area contributed by atoms with Gasteiger partial charge in [0.15, 0.2) is 0 Å². The summed E-state index contributed by atoms with van der Waals surface area (Å²) in [5, 5.41) is 12.4. The van der Waals surface area contributed by atoms with E-state index in [2.05, 4.69) is 19.0 Å². The maximum Gasteiger partial charge on any atom is 0.337 e. The molecule has 0 fully saturated rings. The van der Waals surface area contributed by atoms with E-state index in [-0.39, 0.29) is 5.56 Å². The summed E-state index contributed by atoms with van der Waals surface area (Å²) in [6.07, 6.45) is 1.28. The second-order valence-corrected chi connectivity index (χ2v) is 4.85. The number of hydrogen-bond acceptors (Lipinski definition) is 6. The fraction of sp³-hybridized carbons (Fsp3) is 0. The highest BCUT2D eigenvalue weighted by Gasteiger charge is 2.11. The fourth-order valence-electron chi connectivity index (χ4n) is 1.67. The topological polar surface area (TPSA) is 88.0 Å². The quantitative estimate of drug-likeness (QED) is 0.772. The molecule has 0 amide bonds. The average molecular weight is 307 g/mol. The van der Waals surface area contributed by atoms with Crippen molar-refractivity contribution in [3.8, 4) is 0 Å². The first-order valence-electron chi connectivity index (χ1n) is 5.52. The van der Waals surface area contributed by atoms with E-state index in [1.165, 1.54) is 12.3 Å². The Bertz CT molecular complexity index is 788. The van der Waals surface area contributed by atoms with Gasteiger partial charge in [-0.1, -0.05) is 11.6 Å². The van der Waals surface area contributed by atoms with E-state index in [0.717, 1.165) is 17.2 Å². The highest BCUT2D eigenvalue weighted by atomic mass is 35.5. The number of carboxylic acids is 1. The van der Waals surface area contributed by atoms with Crippen LogP contribution in [-0.2, 0) is 0 Å². The van der Waals surface area contributed by atoms with Crippen LogP contribution in [0.3, 0.4) is 0 Å². The van der Waals surface area contributed by atoms with Gasteiger partial charge in [0.2, 0.25) is 0 Å². The van der Waals surface area contributed by atoms with Crippen LogP contribution in [0.5, 0.6) is 0 Å². The lowest BCUT2D eigenvalue weighted by atomic mass is 10.2. The predicted molar refractivity (Wildman–Crippen MR) is 76.9 cm³/mol. The van der Waals surface area contributed by atoms with Crippen LogP contribution in [0.25, 0.3) is 11.0 Å². The SMILES string of the molecule is O=C(O)c1ccc(Nc2c(Cl)ccc3nsnc23)nc1. The molecule has 3 aromatic rings. The van der Waals surface area contributed by atoms with Gasteiger partial charge in [0.1, 0.15) is 16.9 Å². The molecule has 0 bridgehead atoms. The molecule has 2 heterocycles. The van der Waals surface area contributed by atoms with Crippen LogP contribution in [0.4, 0.5) is 11.5 Å². The van der Waals surface area contributed by atoms with Crippen LogP contribution in [0.1, 0.15) is 10.4 Å². The van der Waals surface area contributed by atoms with Gasteiger partial charge in [-0.2, -0.15) is 8.75 Å². The number of rotatable bonds is 3. The van der Waals surface area contributed by atoms with Gasteiger partial charge in [-0.05, 0) is 24.3 Å². The van der Waals surface area contributed by atoms with Crippen molar-refractivity contribution in [1.29, 1.82) is 0 Å². The van der Waals surface area contributed by atoms with E-state index in [1.54, 1.807) is 18.2 Å². The molecule has 8 heteroatoms. The number of nitrogens with one attached hydrogen (secondary N) is 1. The molecule has 0 saturated carbocycles. The van der Waals surface area contributed by atoms with E-state index in [4.69, 9.17) is 16.7 Å². The van der Waals surface area contributed by atoms with Crippen LogP contribution >= 0.6 is 23.3 Å². The van der Waals surface area contributed by atoms with E-state index >= 15 is 0 Å². The Morgan fingerprint density at radius 3 is 2.80 bits per heavy atom.